The Bertz CT molecular complexity index is 1060. The van der Waals surface area contributed by atoms with E-state index < -0.39 is 0 Å². The summed E-state index contributed by atoms with van der Waals surface area (Å²) < 4.78 is 20.5. The van der Waals surface area contributed by atoms with Gasteiger partial charge in [-0.15, -0.1) is 0 Å². The number of carbonyl (C=O) groups is 1. The molecule has 1 amide bonds. The van der Waals surface area contributed by atoms with E-state index >= 15 is 0 Å². The lowest BCUT2D eigenvalue weighted by Gasteiger charge is -2.33. The second-order valence-corrected chi connectivity index (χ2v) is 8.29. The minimum Gasteiger partial charge on any atom is -0.494 e. The first kappa shape index (κ1) is 19.0. The molecule has 3 aromatic rings. The minimum absolute atomic E-state index is 0.140. The van der Waals surface area contributed by atoms with E-state index in [4.69, 9.17) is 4.74 Å². The Labute approximate surface area is 173 Å². The fourth-order valence-corrected chi connectivity index (χ4v) is 4.50. The molecule has 8 heteroatoms. The quantitative estimate of drug-likeness (QED) is 0.702. The highest BCUT2D eigenvalue weighted by Crippen LogP contribution is 2.54. The molecule has 1 aromatic carbocycles. The second kappa shape index (κ2) is 7.36. The van der Waals surface area contributed by atoms with E-state index in [1.165, 1.54) is 7.11 Å². The monoisotopic (exact) mass is 409 g/mol. The Kier molecular flexibility index (Phi) is 4.66. The zero-order valence-corrected chi connectivity index (χ0v) is 16.8. The number of hydrogen-bond acceptors (Lipinski definition) is 5. The summed E-state index contributed by atoms with van der Waals surface area (Å²) in [6.07, 6.45) is 6.53. The molecule has 1 spiro atoms. The standard InChI is InChI=1S/C22H24FN5O2/c1-30-18-4-3-15(11-16(18)23)14-27-9-5-22(6-10-27)13-19(22)25-21(29)17-12-20-24-7-2-8-28(20)26-17/h2-4,7-8,11-12,19H,5-6,9-10,13-14H2,1H3,(H,25,29). The average Bonchev–Trinajstić information content (AvgIpc) is 3.20. The molecule has 3 heterocycles. The maximum Gasteiger partial charge on any atom is 0.272 e. The van der Waals surface area contributed by atoms with Crippen molar-refractivity contribution in [3.05, 3.63) is 59.8 Å². The Balaban J connectivity index is 1.15. The summed E-state index contributed by atoms with van der Waals surface area (Å²) in [6.45, 7) is 2.61. The number of carbonyl (C=O) groups excluding carboxylic acids is 1. The van der Waals surface area contributed by atoms with Gasteiger partial charge < -0.3 is 10.1 Å². The van der Waals surface area contributed by atoms with E-state index in [0.717, 1.165) is 44.5 Å². The molecule has 1 atom stereocenters. The molecule has 2 aromatic heterocycles. The van der Waals surface area contributed by atoms with Crippen LogP contribution < -0.4 is 10.1 Å². The second-order valence-electron chi connectivity index (χ2n) is 8.29. The third-order valence-corrected chi connectivity index (χ3v) is 6.44. The number of halogens is 1. The van der Waals surface area contributed by atoms with Crippen LogP contribution >= 0.6 is 0 Å². The lowest BCUT2D eigenvalue weighted by molar-refractivity contribution is 0.0928. The van der Waals surface area contributed by atoms with E-state index in [0.29, 0.717) is 11.3 Å². The van der Waals surface area contributed by atoms with Crippen molar-refractivity contribution in [3.63, 3.8) is 0 Å². The maximum absolute atomic E-state index is 13.9. The number of fused-ring (bicyclic) bond motifs is 1. The molecule has 0 radical (unpaired) electrons. The van der Waals surface area contributed by atoms with Crippen molar-refractivity contribution < 1.29 is 13.9 Å². The number of piperidine rings is 1. The van der Waals surface area contributed by atoms with Crippen LogP contribution in [0.2, 0.25) is 0 Å². The number of likely N-dealkylation sites (tertiary alicyclic amines) is 1. The molecule has 1 saturated heterocycles. The largest absolute Gasteiger partial charge is 0.494 e. The molecule has 1 aliphatic heterocycles. The molecule has 1 aliphatic carbocycles. The van der Waals surface area contributed by atoms with Gasteiger partial charge in [0.2, 0.25) is 0 Å². The van der Waals surface area contributed by atoms with Crippen molar-refractivity contribution >= 4 is 11.6 Å². The normalized spacial score (nSPS) is 20.4. The molecule has 0 bridgehead atoms. The topological polar surface area (TPSA) is 71.8 Å². The summed E-state index contributed by atoms with van der Waals surface area (Å²) in [4.78, 5) is 19.2. The zero-order chi connectivity index (χ0) is 20.7. The summed E-state index contributed by atoms with van der Waals surface area (Å²) in [5, 5.41) is 7.45. The van der Waals surface area contributed by atoms with Crippen LogP contribution in [0.4, 0.5) is 4.39 Å². The first-order valence-electron chi connectivity index (χ1n) is 10.2. The van der Waals surface area contributed by atoms with Crippen LogP contribution in [0.25, 0.3) is 5.65 Å². The number of hydrogen-bond donors (Lipinski definition) is 1. The summed E-state index contributed by atoms with van der Waals surface area (Å²) in [6, 6.07) is 8.83. The van der Waals surface area contributed by atoms with Crippen molar-refractivity contribution in [2.75, 3.05) is 20.2 Å². The third-order valence-electron chi connectivity index (χ3n) is 6.44. The molecule has 7 nitrogen and oxygen atoms in total. The smallest absolute Gasteiger partial charge is 0.272 e. The van der Waals surface area contributed by atoms with Gasteiger partial charge in [0.15, 0.2) is 22.9 Å². The number of benzene rings is 1. The van der Waals surface area contributed by atoms with Gasteiger partial charge in [-0.25, -0.2) is 13.9 Å². The van der Waals surface area contributed by atoms with Gasteiger partial charge in [-0.3, -0.25) is 9.69 Å². The molecule has 1 saturated carbocycles. The van der Waals surface area contributed by atoms with Crippen LogP contribution in [0.5, 0.6) is 5.75 Å². The number of ether oxygens (including phenoxy) is 1. The van der Waals surface area contributed by atoms with Crippen molar-refractivity contribution in [2.24, 2.45) is 5.41 Å². The number of nitrogens with one attached hydrogen (secondary N) is 1. The highest BCUT2D eigenvalue weighted by atomic mass is 19.1. The van der Waals surface area contributed by atoms with Gasteiger partial charge in [-0.2, -0.15) is 5.10 Å². The van der Waals surface area contributed by atoms with Gasteiger partial charge in [0.05, 0.1) is 7.11 Å². The molecule has 2 fully saturated rings. The number of amides is 1. The summed E-state index contributed by atoms with van der Waals surface area (Å²) >= 11 is 0. The SMILES string of the molecule is COc1ccc(CN2CCC3(CC2)CC3NC(=O)c2cc3ncccn3n2)cc1F. The van der Waals surface area contributed by atoms with Gasteiger partial charge in [0.25, 0.3) is 5.91 Å². The van der Waals surface area contributed by atoms with Gasteiger partial charge in [-0.05, 0) is 61.5 Å². The molecular formula is C22H24FN5O2. The van der Waals surface area contributed by atoms with Crippen LogP contribution in [0, 0.1) is 11.2 Å². The van der Waals surface area contributed by atoms with Crippen molar-refractivity contribution in [1.82, 2.24) is 24.8 Å². The van der Waals surface area contributed by atoms with Crippen LogP contribution in [-0.2, 0) is 6.54 Å². The fraction of sp³-hybridized carbons (Fsp3) is 0.409. The predicted molar refractivity (Wildman–Crippen MR) is 109 cm³/mol. The van der Waals surface area contributed by atoms with Gasteiger partial charge >= 0.3 is 0 Å². The van der Waals surface area contributed by atoms with Crippen LogP contribution in [-0.4, -0.2) is 51.6 Å². The van der Waals surface area contributed by atoms with Crippen LogP contribution in [0.15, 0.2) is 42.7 Å². The summed E-state index contributed by atoms with van der Waals surface area (Å²) in [5.74, 6) is -0.191. The molecular weight excluding hydrogens is 385 g/mol. The lowest BCUT2D eigenvalue weighted by Crippen LogP contribution is -2.38. The molecule has 5 rings (SSSR count). The lowest BCUT2D eigenvalue weighted by atomic mass is 9.92. The maximum atomic E-state index is 13.9. The average molecular weight is 409 g/mol. The molecule has 1 N–H and O–H groups in total. The fourth-order valence-electron chi connectivity index (χ4n) is 4.50. The van der Waals surface area contributed by atoms with E-state index in [-0.39, 0.29) is 28.9 Å². The molecule has 156 valence electrons. The van der Waals surface area contributed by atoms with Crippen molar-refractivity contribution in [2.45, 2.75) is 31.8 Å². The zero-order valence-electron chi connectivity index (χ0n) is 16.8. The van der Waals surface area contributed by atoms with E-state index in [9.17, 15) is 9.18 Å². The number of nitrogens with zero attached hydrogens (tertiary/aromatic N) is 4. The highest BCUT2D eigenvalue weighted by Gasteiger charge is 2.55. The summed E-state index contributed by atoms with van der Waals surface area (Å²) in [5.41, 5.74) is 2.20. The first-order chi connectivity index (χ1) is 14.6. The Morgan fingerprint density at radius 3 is 2.90 bits per heavy atom. The molecule has 30 heavy (non-hydrogen) atoms. The van der Waals surface area contributed by atoms with Crippen LogP contribution in [0.3, 0.4) is 0 Å². The summed E-state index contributed by atoms with van der Waals surface area (Å²) in [7, 11) is 1.47. The number of rotatable bonds is 5. The van der Waals surface area contributed by atoms with Crippen molar-refractivity contribution in [3.8, 4) is 5.75 Å². The Hall–Kier alpha value is -3.00. The highest BCUT2D eigenvalue weighted by molar-refractivity contribution is 5.93. The first-order valence-corrected chi connectivity index (χ1v) is 10.2. The van der Waals surface area contributed by atoms with Gasteiger partial charge in [-0.1, -0.05) is 6.07 Å². The number of aromatic nitrogens is 3. The van der Waals surface area contributed by atoms with Crippen LogP contribution in [0.1, 0.15) is 35.3 Å². The minimum atomic E-state index is -0.324. The van der Waals surface area contributed by atoms with Crippen molar-refractivity contribution in [1.29, 1.82) is 0 Å². The predicted octanol–water partition coefficient (Wildman–Crippen LogP) is 2.66. The van der Waals surface area contributed by atoms with E-state index in [1.54, 1.807) is 41.2 Å². The molecule has 1 unspecified atom stereocenters. The Morgan fingerprint density at radius 1 is 1.33 bits per heavy atom. The molecule has 2 aliphatic rings. The van der Waals surface area contributed by atoms with E-state index in [2.05, 4.69) is 20.3 Å². The van der Waals surface area contributed by atoms with Gasteiger partial charge in [0, 0.05) is 31.0 Å². The number of methoxy groups -OCH3 is 1. The van der Waals surface area contributed by atoms with Gasteiger partial charge in [0.1, 0.15) is 0 Å². The third kappa shape index (κ3) is 3.52. The Morgan fingerprint density at radius 2 is 2.17 bits per heavy atom. The van der Waals surface area contributed by atoms with E-state index in [1.807, 2.05) is 6.07 Å².